The fourth-order valence-electron chi connectivity index (χ4n) is 3.66. The summed E-state index contributed by atoms with van der Waals surface area (Å²) in [6.07, 6.45) is 1.75. The molecule has 5 nitrogen and oxygen atoms in total. The van der Waals surface area contributed by atoms with Crippen LogP contribution in [0.4, 0.5) is 9.18 Å². The zero-order valence-corrected chi connectivity index (χ0v) is 15.7. The third-order valence-corrected chi connectivity index (χ3v) is 5.15. The molecule has 1 aliphatic heterocycles. The normalized spacial score (nSPS) is 17.3. The van der Waals surface area contributed by atoms with Crippen LogP contribution in [0.3, 0.4) is 0 Å². The van der Waals surface area contributed by atoms with E-state index in [4.69, 9.17) is 5.11 Å². The van der Waals surface area contributed by atoms with Gasteiger partial charge in [0, 0.05) is 31.5 Å². The van der Waals surface area contributed by atoms with Crippen LogP contribution in [0, 0.1) is 5.82 Å². The summed E-state index contributed by atoms with van der Waals surface area (Å²) in [5, 5.41) is 12.0. The molecule has 28 heavy (non-hydrogen) atoms. The molecule has 1 saturated heterocycles. The molecule has 3 rings (SSSR count). The quantitative estimate of drug-likeness (QED) is 0.763. The van der Waals surface area contributed by atoms with E-state index in [-0.39, 0.29) is 30.2 Å². The number of carbonyl (C=O) groups excluding carboxylic acids is 1. The molecule has 2 N–H and O–H groups in total. The third kappa shape index (κ3) is 5.55. The minimum Gasteiger partial charge on any atom is -0.481 e. The number of carboxylic acid groups (broad SMARTS) is 1. The highest BCUT2D eigenvalue weighted by Gasteiger charge is 2.28. The average molecular weight is 384 g/mol. The Morgan fingerprint density at radius 2 is 1.96 bits per heavy atom. The highest BCUT2D eigenvalue weighted by atomic mass is 19.1. The molecule has 2 unspecified atom stereocenters. The van der Waals surface area contributed by atoms with E-state index in [1.807, 2.05) is 36.4 Å². The average Bonchev–Trinajstić information content (AvgIpc) is 3.17. The lowest BCUT2D eigenvalue weighted by Gasteiger charge is -2.23. The molecule has 0 aromatic heterocycles. The highest BCUT2D eigenvalue weighted by Crippen LogP contribution is 2.27. The number of benzene rings is 2. The number of hydrogen-bond acceptors (Lipinski definition) is 2. The molecule has 2 atom stereocenters. The third-order valence-electron chi connectivity index (χ3n) is 5.15. The Balaban J connectivity index is 1.60. The fourth-order valence-corrected chi connectivity index (χ4v) is 3.66. The van der Waals surface area contributed by atoms with Gasteiger partial charge in [-0.15, -0.1) is 0 Å². The first-order valence-corrected chi connectivity index (χ1v) is 9.58. The summed E-state index contributed by atoms with van der Waals surface area (Å²) in [5.41, 5.74) is 1.96. The second-order valence-electron chi connectivity index (χ2n) is 7.26. The smallest absolute Gasteiger partial charge is 0.317 e. The van der Waals surface area contributed by atoms with Crippen LogP contribution in [-0.4, -0.2) is 41.1 Å². The van der Waals surface area contributed by atoms with Crippen molar-refractivity contribution in [2.45, 2.75) is 37.6 Å². The summed E-state index contributed by atoms with van der Waals surface area (Å²) < 4.78 is 13.5. The minimum atomic E-state index is -0.875. The van der Waals surface area contributed by atoms with Gasteiger partial charge in [-0.3, -0.25) is 4.79 Å². The summed E-state index contributed by atoms with van der Waals surface area (Å²) in [6.45, 7) is 1.14. The van der Waals surface area contributed by atoms with Gasteiger partial charge in [-0.1, -0.05) is 42.5 Å². The molecular formula is C22H25FN2O3. The first-order chi connectivity index (χ1) is 13.5. The van der Waals surface area contributed by atoms with Crippen LogP contribution in [0.25, 0.3) is 0 Å². The monoisotopic (exact) mass is 384 g/mol. The Bertz CT molecular complexity index is 812. The molecule has 1 heterocycles. The summed E-state index contributed by atoms with van der Waals surface area (Å²) in [5.74, 6) is -1.02. The molecular weight excluding hydrogens is 359 g/mol. The SMILES string of the molecule is O=C(O)CCC(Cc1ccccc1)NC(=O)N1CCC(c2cccc(F)c2)C1. The molecule has 1 aliphatic rings. The number of nitrogens with zero attached hydrogens (tertiary/aromatic N) is 1. The van der Waals surface area contributed by atoms with Gasteiger partial charge in [0.1, 0.15) is 5.82 Å². The van der Waals surface area contributed by atoms with Crippen molar-refractivity contribution in [3.8, 4) is 0 Å². The van der Waals surface area contributed by atoms with Gasteiger partial charge in [0.2, 0.25) is 0 Å². The van der Waals surface area contributed by atoms with Crippen LogP contribution in [0.15, 0.2) is 54.6 Å². The molecule has 0 aliphatic carbocycles. The van der Waals surface area contributed by atoms with Crippen LogP contribution in [0.5, 0.6) is 0 Å². The molecule has 2 aromatic rings. The molecule has 6 heteroatoms. The van der Waals surface area contributed by atoms with Crippen molar-refractivity contribution in [3.05, 3.63) is 71.5 Å². The van der Waals surface area contributed by atoms with Crippen molar-refractivity contribution in [3.63, 3.8) is 0 Å². The summed E-state index contributed by atoms with van der Waals surface area (Å²) in [6, 6.07) is 15.8. The maximum atomic E-state index is 13.5. The van der Waals surface area contributed by atoms with Gasteiger partial charge in [-0.2, -0.15) is 0 Å². The van der Waals surface area contributed by atoms with Gasteiger partial charge in [-0.05, 0) is 42.5 Å². The van der Waals surface area contributed by atoms with Crippen LogP contribution in [0.2, 0.25) is 0 Å². The summed E-state index contributed by atoms with van der Waals surface area (Å²) >= 11 is 0. The number of likely N-dealkylation sites (tertiary alicyclic amines) is 1. The number of halogens is 1. The Morgan fingerprint density at radius 3 is 2.68 bits per heavy atom. The van der Waals surface area contributed by atoms with E-state index in [2.05, 4.69) is 5.32 Å². The second-order valence-corrected chi connectivity index (χ2v) is 7.26. The van der Waals surface area contributed by atoms with Crippen LogP contribution < -0.4 is 5.32 Å². The van der Waals surface area contributed by atoms with E-state index < -0.39 is 5.97 Å². The first-order valence-electron chi connectivity index (χ1n) is 9.58. The molecule has 1 fully saturated rings. The molecule has 148 valence electrons. The van der Waals surface area contributed by atoms with Crippen LogP contribution in [0.1, 0.15) is 36.3 Å². The van der Waals surface area contributed by atoms with Gasteiger partial charge >= 0.3 is 12.0 Å². The Labute approximate surface area is 164 Å². The van der Waals surface area contributed by atoms with Crippen LogP contribution in [-0.2, 0) is 11.2 Å². The number of rotatable bonds is 7. The lowest BCUT2D eigenvalue weighted by molar-refractivity contribution is -0.137. The molecule has 0 radical (unpaired) electrons. The van der Waals surface area contributed by atoms with E-state index in [1.54, 1.807) is 11.0 Å². The lowest BCUT2D eigenvalue weighted by atomic mass is 9.98. The van der Waals surface area contributed by atoms with E-state index in [1.165, 1.54) is 12.1 Å². The zero-order valence-electron chi connectivity index (χ0n) is 15.7. The predicted octanol–water partition coefficient (Wildman–Crippen LogP) is 3.80. The number of urea groups is 1. The first kappa shape index (κ1) is 19.9. The van der Waals surface area contributed by atoms with Gasteiger partial charge in [0.25, 0.3) is 0 Å². The maximum absolute atomic E-state index is 13.5. The highest BCUT2D eigenvalue weighted by molar-refractivity contribution is 5.75. The molecule has 0 spiro atoms. The van der Waals surface area contributed by atoms with Crippen molar-refractivity contribution in [2.24, 2.45) is 0 Å². The minimum absolute atomic E-state index is 0.00367. The maximum Gasteiger partial charge on any atom is 0.317 e. The number of hydrogen-bond donors (Lipinski definition) is 2. The Morgan fingerprint density at radius 1 is 1.18 bits per heavy atom. The van der Waals surface area contributed by atoms with Crippen molar-refractivity contribution in [2.75, 3.05) is 13.1 Å². The van der Waals surface area contributed by atoms with E-state index in [9.17, 15) is 14.0 Å². The Kier molecular flexibility index (Phi) is 6.63. The molecule has 2 amide bonds. The second kappa shape index (κ2) is 9.35. The number of nitrogens with one attached hydrogen (secondary N) is 1. The largest absolute Gasteiger partial charge is 0.481 e. The molecule has 0 saturated carbocycles. The van der Waals surface area contributed by atoms with Crippen LogP contribution >= 0.6 is 0 Å². The number of carboxylic acids is 1. The molecule has 0 bridgehead atoms. The van der Waals surface area contributed by atoms with Gasteiger partial charge < -0.3 is 15.3 Å². The predicted molar refractivity (Wildman–Crippen MR) is 105 cm³/mol. The van der Waals surface area contributed by atoms with Crippen molar-refractivity contribution in [1.29, 1.82) is 0 Å². The fraction of sp³-hybridized carbons (Fsp3) is 0.364. The zero-order chi connectivity index (χ0) is 19.9. The van der Waals surface area contributed by atoms with E-state index in [0.29, 0.717) is 25.9 Å². The van der Waals surface area contributed by atoms with Gasteiger partial charge in [0.05, 0.1) is 0 Å². The standard InChI is InChI=1S/C22H25FN2O3/c23-19-8-4-7-17(14-19)18-11-12-25(15-18)22(28)24-20(9-10-21(26)27)13-16-5-2-1-3-6-16/h1-8,14,18,20H,9-13,15H2,(H,24,28)(H,26,27). The van der Waals surface area contributed by atoms with Gasteiger partial charge in [-0.25, -0.2) is 9.18 Å². The number of aliphatic carboxylic acids is 1. The molecule has 2 aromatic carbocycles. The number of amides is 2. The van der Waals surface area contributed by atoms with E-state index >= 15 is 0 Å². The topological polar surface area (TPSA) is 69.6 Å². The van der Waals surface area contributed by atoms with E-state index in [0.717, 1.165) is 17.5 Å². The van der Waals surface area contributed by atoms with Crippen molar-refractivity contribution < 1.29 is 19.1 Å². The van der Waals surface area contributed by atoms with Gasteiger partial charge in [0.15, 0.2) is 0 Å². The van der Waals surface area contributed by atoms with Crippen molar-refractivity contribution in [1.82, 2.24) is 10.2 Å². The van der Waals surface area contributed by atoms with Crippen molar-refractivity contribution >= 4 is 12.0 Å². The summed E-state index contributed by atoms with van der Waals surface area (Å²) in [4.78, 5) is 25.4. The lowest BCUT2D eigenvalue weighted by Crippen LogP contribution is -2.45. The summed E-state index contributed by atoms with van der Waals surface area (Å²) in [7, 11) is 0. The Hall–Kier alpha value is -2.89. The number of carbonyl (C=O) groups is 2.